The summed E-state index contributed by atoms with van der Waals surface area (Å²) in [4.78, 5) is 13.9. The number of likely N-dealkylation sites (tertiary alicyclic amines) is 1. The fourth-order valence-corrected chi connectivity index (χ4v) is 4.79. The van der Waals surface area contributed by atoms with Crippen molar-refractivity contribution in [2.75, 3.05) is 13.1 Å². The number of nitrogens with zero attached hydrogens (tertiary/aromatic N) is 3. The molecule has 0 spiro atoms. The molecule has 1 aliphatic heterocycles. The highest BCUT2D eigenvalue weighted by Gasteiger charge is 2.40. The Morgan fingerprint density at radius 2 is 1.55 bits per heavy atom. The Morgan fingerprint density at radius 1 is 0.966 bits per heavy atom. The molecule has 0 radical (unpaired) electrons. The monoisotopic (exact) mass is 417 g/mol. The fraction of sp³-hybridized carbons (Fsp3) is 0.200. The lowest BCUT2D eigenvalue weighted by molar-refractivity contribution is -0.135. The summed E-state index contributed by atoms with van der Waals surface area (Å²) in [6.07, 6.45) is 3.26. The van der Waals surface area contributed by atoms with Crippen LogP contribution in [0.1, 0.15) is 0 Å². The molecule has 0 aliphatic carbocycles. The van der Waals surface area contributed by atoms with Crippen LogP contribution in [0.25, 0.3) is 11.1 Å². The van der Waals surface area contributed by atoms with Crippen molar-refractivity contribution in [3.05, 3.63) is 72.6 Å². The number of sulfone groups is 1. The van der Waals surface area contributed by atoms with Gasteiger partial charge in [0.2, 0.25) is 5.91 Å². The summed E-state index contributed by atoms with van der Waals surface area (Å²) in [5, 5.41) is 3.44. The van der Waals surface area contributed by atoms with Gasteiger partial charge in [0.25, 0.3) is 0 Å². The maximum absolute atomic E-state index is 13.0. The SMILES string of the molecule is O=C(Cn1cc(-c2ccc(F)cc2)cn1)N1CC(S(=O)(=O)c2ccc(F)cc2)C1. The van der Waals surface area contributed by atoms with Crippen LogP contribution in [-0.2, 0) is 21.2 Å². The minimum Gasteiger partial charge on any atom is -0.338 e. The van der Waals surface area contributed by atoms with Gasteiger partial charge in [-0.15, -0.1) is 0 Å². The highest BCUT2D eigenvalue weighted by molar-refractivity contribution is 7.92. The van der Waals surface area contributed by atoms with E-state index in [2.05, 4.69) is 5.10 Å². The lowest BCUT2D eigenvalue weighted by Gasteiger charge is -2.38. The number of halogens is 2. The smallest absolute Gasteiger partial charge is 0.244 e. The Balaban J connectivity index is 1.36. The van der Waals surface area contributed by atoms with Crippen LogP contribution >= 0.6 is 0 Å². The van der Waals surface area contributed by atoms with Crippen molar-refractivity contribution in [3.8, 4) is 11.1 Å². The molecule has 2 heterocycles. The van der Waals surface area contributed by atoms with E-state index in [1.165, 1.54) is 33.8 Å². The molecule has 3 aromatic rings. The first-order valence-corrected chi connectivity index (χ1v) is 10.4. The highest BCUT2D eigenvalue weighted by Crippen LogP contribution is 2.24. The first-order chi connectivity index (χ1) is 13.8. The molecule has 0 N–H and O–H groups in total. The van der Waals surface area contributed by atoms with E-state index in [1.54, 1.807) is 24.5 Å². The average molecular weight is 417 g/mol. The molecule has 6 nitrogen and oxygen atoms in total. The topological polar surface area (TPSA) is 72.3 Å². The molecule has 0 atom stereocenters. The predicted molar refractivity (Wildman–Crippen MR) is 102 cm³/mol. The molecular formula is C20H17F2N3O3S. The second-order valence-corrected chi connectivity index (χ2v) is 9.08. The van der Waals surface area contributed by atoms with Gasteiger partial charge in [-0.3, -0.25) is 9.48 Å². The van der Waals surface area contributed by atoms with Gasteiger partial charge in [0.1, 0.15) is 23.4 Å². The third kappa shape index (κ3) is 3.91. The molecule has 1 aromatic heterocycles. The molecule has 0 bridgehead atoms. The molecular weight excluding hydrogens is 400 g/mol. The van der Waals surface area contributed by atoms with Gasteiger partial charge < -0.3 is 4.90 Å². The molecule has 0 unspecified atom stereocenters. The van der Waals surface area contributed by atoms with E-state index in [0.29, 0.717) is 0 Å². The summed E-state index contributed by atoms with van der Waals surface area (Å²) in [7, 11) is -3.61. The zero-order valence-corrected chi connectivity index (χ0v) is 16.0. The van der Waals surface area contributed by atoms with Crippen molar-refractivity contribution in [3.63, 3.8) is 0 Å². The van der Waals surface area contributed by atoms with Crippen LogP contribution in [0.15, 0.2) is 65.8 Å². The van der Waals surface area contributed by atoms with Crippen LogP contribution in [-0.4, -0.2) is 47.3 Å². The van der Waals surface area contributed by atoms with Gasteiger partial charge in [-0.1, -0.05) is 12.1 Å². The van der Waals surface area contributed by atoms with Crippen molar-refractivity contribution < 1.29 is 22.0 Å². The Kier molecular flexibility index (Phi) is 4.91. The molecule has 4 rings (SSSR count). The third-order valence-corrected chi connectivity index (χ3v) is 6.99. The minimum absolute atomic E-state index is 0.0233. The van der Waals surface area contributed by atoms with E-state index in [-0.39, 0.29) is 36.3 Å². The van der Waals surface area contributed by atoms with Crippen molar-refractivity contribution >= 4 is 15.7 Å². The molecule has 0 saturated carbocycles. The van der Waals surface area contributed by atoms with Gasteiger partial charge in [-0.2, -0.15) is 5.10 Å². The number of amides is 1. The average Bonchev–Trinajstić information content (AvgIpc) is 3.09. The van der Waals surface area contributed by atoms with Gasteiger partial charge in [-0.25, -0.2) is 17.2 Å². The van der Waals surface area contributed by atoms with Crippen LogP contribution in [0.3, 0.4) is 0 Å². The number of benzene rings is 2. The normalized spacial score (nSPS) is 14.6. The standard InChI is InChI=1S/C20H17F2N3O3S/c21-16-3-1-14(2-4-16)15-9-23-25(10-15)13-20(26)24-11-19(12-24)29(27,28)18-7-5-17(22)6-8-18/h1-10,19H,11-13H2. The van der Waals surface area contributed by atoms with Crippen molar-refractivity contribution in [2.45, 2.75) is 16.7 Å². The van der Waals surface area contributed by atoms with Crippen LogP contribution in [0, 0.1) is 11.6 Å². The van der Waals surface area contributed by atoms with Crippen LogP contribution in [0.5, 0.6) is 0 Å². The quantitative estimate of drug-likeness (QED) is 0.598. The Morgan fingerprint density at radius 3 is 2.17 bits per heavy atom. The van der Waals surface area contributed by atoms with Gasteiger partial charge >= 0.3 is 0 Å². The second-order valence-electron chi connectivity index (χ2n) is 6.85. The Labute approximate surface area is 166 Å². The van der Waals surface area contributed by atoms with E-state index in [0.717, 1.165) is 23.3 Å². The Bertz CT molecular complexity index is 1140. The zero-order chi connectivity index (χ0) is 20.6. The molecule has 1 aliphatic rings. The first-order valence-electron chi connectivity index (χ1n) is 8.88. The molecule has 1 amide bonds. The molecule has 2 aromatic carbocycles. The van der Waals surface area contributed by atoms with Crippen LogP contribution < -0.4 is 0 Å². The van der Waals surface area contributed by atoms with Gasteiger partial charge in [0, 0.05) is 24.8 Å². The van der Waals surface area contributed by atoms with Crippen LogP contribution in [0.4, 0.5) is 8.78 Å². The summed E-state index contributed by atoms with van der Waals surface area (Å²) < 4.78 is 52.6. The first kappa shape index (κ1) is 19.3. The lowest BCUT2D eigenvalue weighted by atomic mass is 10.1. The summed E-state index contributed by atoms with van der Waals surface area (Å²) in [6.45, 7) is 0.153. The summed E-state index contributed by atoms with van der Waals surface area (Å²) >= 11 is 0. The number of carbonyl (C=O) groups excluding carboxylic acids is 1. The maximum Gasteiger partial charge on any atom is 0.244 e. The summed E-state index contributed by atoms with van der Waals surface area (Å²) in [5.74, 6) is -1.09. The molecule has 1 fully saturated rings. The zero-order valence-electron chi connectivity index (χ0n) is 15.2. The van der Waals surface area contributed by atoms with Crippen molar-refractivity contribution in [1.82, 2.24) is 14.7 Å². The van der Waals surface area contributed by atoms with E-state index < -0.39 is 20.9 Å². The summed E-state index contributed by atoms with van der Waals surface area (Å²) in [5.41, 5.74) is 1.53. The van der Waals surface area contributed by atoms with E-state index in [4.69, 9.17) is 0 Å². The summed E-state index contributed by atoms with van der Waals surface area (Å²) in [6, 6.07) is 10.6. The number of hydrogen-bond donors (Lipinski definition) is 0. The number of rotatable bonds is 5. The van der Waals surface area contributed by atoms with Crippen molar-refractivity contribution in [2.24, 2.45) is 0 Å². The number of carbonyl (C=O) groups is 1. The van der Waals surface area contributed by atoms with Crippen LogP contribution in [0.2, 0.25) is 0 Å². The molecule has 29 heavy (non-hydrogen) atoms. The fourth-order valence-electron chi connectivity index (χ4n) is 3.13. The Hall–Kier alpha value is -3.07. The second kappa shape index (κ2) is 7.40. The maximum atomic E-state index is 13.0. The van der Waals surface area contributed by atoms with Crippen molar-refractivity contribution in [1.29, 1.82) is 0 Å². The minimum atomic E-state index is -3.61. The predicted octanol–water partition coefficient (Wildman–Crippen LogP) is 2.51. The molecule has 150 valence electrons. The van der Waals surface area contributed by atoms with E-state index in [1.807, 2.05) is 0 Å². The van der Waals surface area contributed by atoms with Gasteiger partial charge in [-0.05, 0) is 42.0 Å². The largest absolute Gasteiger partial charge is 0.338 e. The lowest BCUT2D eigenvalue weighted by Crippen LogP contribution is -2.57. The van der Waals surface area contributed by atoms with Gasteiger partial charge in [0.15, 0.2) is 9.84 Å². The van der Waals surface area contributed by atoms with Gasteiger partial charge in [0.05, 0.1) is 11.1 Å². The van der Waals surface area contributed by atoms with E-state index >= 15 is 0 Å². The molecule has 9 heteroatoms. The van der Waals surface area contributed by atoms with E-state index in [9.17, 15) is 22.0 Å². The highest BCUT2D eigenvalue weighted by atomic mass is 32.2. The number of hydrogen-bond acceptors (Lipinski definition) is 4. The number of aromatic nitrogens is 2. The third-order valence-electron chi connectivity index (χ3n) is 4.89. The molecule has 1 saturated heterocycles.